The Hall–Kier alpha value is -1.78. The van der Waals surface area contributed by atoms with Gasteiger partial charge >= 0.3 is 0 Å². The van der Waals surface area contributed by atoms with Crippen LogP contribution in [0.25, 0.3) is 0 Å². The van der Waals surface area contributed by atoms with E-state index in [-0.39, 0.29) is 17.2 Å². The summed E-state index contributed by atoms with van der Waals surface area (Å²) in [7, 11) is 0. The molecule has 0 amide bonds. The highest BCUT2D eigenvalue weighted by atomic mass is 16.7. The Morgan fingerprint density at radius 1 is 1.18 bits per heavy atom. The number of benzene rings is 1. The van der Waals surface area contributed by atoms with E-state index < -0.39 is 0 Å². The molecular weight excluding hydrogens is 150 g/mol. The maximum atomic E-state index is 9.56. The molecule has 0 aromatic heterocycles. The number of hydrogen-bond acceptors (Lipinski definition) is 5. The van der Waals surface area contributed by atoms with Crippen molar-refractivity contribution in [2.75, 3.05) is 0 Å². The minimum Gasteiger partial charge on any atom is -0.508 e. The van der Waals surface area contributed by atoms with Gasteiger partial charge in [0.2, 0.25) is 0 Å². The van der Waals surface area contributed by atoms with Crippen LogP contribution in [-0.4, -0.2) is 10.2 Å². The predicted octanol–water partition coefficient (Wildman–Crippen LogP) is 1.16. The Labute approximate surface area is 61.8 Å². The molecule has 0 bridgehead atoms. The second-order valence-corrected chi connectivity index (χ2v) is 1.85. The van der Waals surface area contributed by atoms with Gasteiger partial charge in [-0.15, -0.1) is 4.91 Å². The van der Waals surface area contributed by atoms with Crippen LogP contribution in [0.15, 0.2) is 23.5 Å². The lowest BCUT2D eigenvalue weighted by molar-refractivity contribution is 0.329. The van der Waals surface area contributed by atoms with E-state index in [4.69, 9.17) is 10.2 Å². The first-order chi connectivity index (χ1) is 5.22. The van der Waals surface area contributed by atoms with Gasteiger partial charge in [-0.1, -0.05) is 0 Å². The summed E-state index contributed by atoms with van der Waals surface area (Å²) in [5.41, 5.74) is 0. The fourth-order valence-corrected chi connectivity index (χ4v) is 0.664. The van der Waals surface area contributed by atoms with Crippen LogP contribution in [0.2, 0.25) is 0 Å². The number of phenols is 2. The van der Waals surface area contributed by atoms with Crippen molar-refractivity contribution in [3.05, 3.63) is 23.1 Å². The van der Waals surface area contributed by atoms with Crippen molar-refractivity contribution in [1.29, 1.82) is 0 Å². The van der Waals surface area contributed by atoms with Crippen molar-refractivity contribution < 1.29 is 15.1 Å². The zero-order chi connectivity index (χ0) is 8.27. The van der Waals surface area contributed by atoms with Crippen molar-refractivity contribution in [1.82, 2.24) is 0 Å². The highest BCUT2D eigenvalue weighted by Gasteiger charge is 1.99. The van der Waals surface area contributed by atoms with Crippen LogP contribution in [0.5, 0.6) is 17.2 Å². The monoisotopic (exact) mass is 155 g/mol. The Morgan fingerprint density at radius 3 is 2.18 bits per heavy atom. The van der Waals surface area contributed by atoms with Gasteiger partial charge in [0.25, 0.3) is 0 Å². The maximum Gasteiger partial charge on any atom is 0.168 e. The summed E-state index contributed by atoms with van der Waals surface area (Å²) < 4.78 is 0. The van der Waals surface area contributed by atoms with Crippen molar-refractivity contribution in [3.63, 3.8) is 0 Å². The average molecular weight is 155 g/mol. The number of rotatable bonds is 2. The molecule has 0 saturated heterocycles. The van der Waals surface area contributed by atoms with Gasteiger partial charge in [0.05, 0.1) is 0 Å². The lowest BCUT2D eigenvalue weighted by atomic mass is 10.3. The van der Waals surface area contributed by atoms with E-state index in [0.29, 0.717) is 0 Å². The molecule has 0 saturated carbocycles. The maximum absolute atomic E-state index is 9.56. The number of phenolic OH excluding ortho intramolecular Hbond substituents is 2. The van der Waals surface area contributed by atoms with Gasteiger partial charge in [-0.25, -0.2) is 0 Å². The summed E-state index contributed by atoms with van der Waals surface area (Å²) in [6, 6.07) is 3.42. The molecule has 0 fully saturated rings. The molecule has 1 aromatic carbocycles. The summed E-state index contributed by atoms with van der Waals surface area (Å²) in [6.45, 7) is 0. The van der Waals surface area contributed by atoms with Crippen molar-refractivity contribution in [2.45, 2.75) is 0 Å². The minimum atomic E-state index is -0.191. The first-order valence-electron chi connectivity index (χ1n) is 2.75. The van der Waals surface area contributed by atoms with E-state index in [1.165, 1.54) is 0 Å². The quantitative estimate of drug-likeness (QED) is 0.496. The van der Waals surface area contributed by atoms with Crippen LogP contribution in [0, 0.1) is 4.91 Å². The van der Waals surface area contributed by atoms with Gasteiger partial charge in [-0.05, 0) is 0 Å². The molecule has 0 spiro atoms. The minimum absolute atomic E-state index is 0.00231. The third kappa shape index (κ3) is 1.82. The zero-order valence-corrected chi connectivity index (χ0v) is 5.39. The molecule has 2 N–H and O–H groups in total. The topological polar surface area (TPSA) is 79.1 Å². The van der Waals surface area contributed by atoms with Crippen molar-refractivity contribution in [2.24, 2.45) is 5.34 Å². The molecule has 0 unspecified atom stereocenters. The SMILES string of the molecule is O=NOc1cc(O)cc(O)c1. The molecule has 1 aromatic rings. The average Bonchev–Trinajstić information content (AvgIpc) is 1.85. The fraction of sp³-hybridized carbons (Fsp3) is 0. The first-order valence-corrected chi connectivity index (χ1v) is 2.75. The van der Waals surface area contributed by atoms with Gasteiger partial charge in [0.15, 0.2) is 11.1 Å². The fourth-order valence-electron chi connectivity index (χ4n) is 0.664. The van der Waals surface area contributed by atoms with Crippen LogP contribution < -0.4 is 4.84 Å². The molecule has 5 nitrogen and oxygen atoms in total. The Bertz CT molecular complexity index is 253. The second-order valence-electron chi connectivity index (χ2n) is 1.85. The van der Waals surface area contributed by atoms with Gasteiger partial charge in [0.1, 0.15) is 11.5 Å². The molecule has 0 aliphatic heterocycles. The highest BCUT2D eigenvalue weighted by molar-refractivity contribution is 5.40. The second kappa shape index (κ2) is 2.87. The third-order valence-corrected chi connectivity index (χ3v) is 1.02. The molecular formula is C6H5NO4. The van der Waals surface area contributed by atoms with E-state index in [2.05, 4.69) is 10.2 Å². The van der Waals surface area contributed by atoms with Crippen LogP contribution in [0.1, 0.15) is 0 Å². The molecule has 58 valence electrons. The molecule has 5 heteroatoms. The molecule has 0 radical (unpaired) electrons. The predicted molar refractivity (Wildman–Crippen MR) is 36.2 cm³/mol. The number of nitrogens with zero attached hydrogens (tertiary/aromatic N) is 1. The van der Waals surface area contributed by atoms with E-state index in [0.717, 1.165) is 18.2 Å². The standard InChI is InChI=1S/C6H5NO4/c8-4-1-5(9)3-6(2-4)11-7-10/h1-3,8-9H. The molecule has 0 atom stereocenters. The van der Waals surface area contributed by atoms with Gasteiger partial charge in [0, 0.05) is 18.2 Å². The largest absolute Gasteiger partial charge is 0.508 e. The highest BCUT2D eigenvalue weighted by Crippen LogP contribution is 2.25. The molecule has 0 aliphatic rings. The van der Waals surface area contributed by atoms with Gasteiger partial charge in [-0.3, -0.25) is 0 Å². The van der Waals surface area contributed by atoms with E-state index in [9.17, 15) is 4.91 Å². The van der Waals surface area contributed by atoms with Crippen LogP contribution in [0.3, 0.4) is 0 Å². The number of hydrogen-bond donors (Lipinski definition) is 2. The van der Waals surface area contributed by atoms with Crippen molar-refractivity contribution in [3.8, 4) is 17.2 Å². The first kappa shape index (κ1) is 7.33. The Kier molecular flexibility index (Phi) is 1.91. The van der Waals surface area contributed by atoms with Crippen LogP contribution >= 0.6 is 0 Å². The van der Waals surface area contributed by atoms with E-state index in [1.54, 1.807) is 0 Å². The summed E-state index contributed by atoms with van der Waals surface area (Å²) in [6.07, 6.45) is 0. The molecule has 1 rings (SSSR count). The van der Waals surface area contributed by atoms with Crippen molar-refractivity contribution >= 4 is 0 Å². The van der Waals surface area contributed by atoms with E-state index in [1.807, 2.05) is 0 Å². The molecule has 11 heavy (non-hydrogen) atoms. The Balaban J connectivity index is 2.98. The lowest BCUT2D eigenvalue weighted by Crippen LogP contribution is -1.79. The van der Waals surface area contributed by atoms with Gasteiger partial charge in [-0.2, -0.15) is 0 Å². The molecule has 0 heterocycles. The smallest absolute Gasteiger partial charge is 0.168 e. The zero-order valence-electron chi connectivity index (χ0n) is 5.39. The van der Waals surface area contributed by atoms with Crippen LogP contribution in [0.4, 0.5) is 0 Å². The van der Waals surface area contributed by atoms with Gasteiger partial charge < -0.3 is 15.1 Å². The summed E-state index contributed by atoms with van der Waals surface area (Å²) in [5, 5.41) is 19.8. The lowest BCUT2D eigenvalue weighted by Gasteiger charge is -1.97. The number of aromatic hydroxyl groups is 2. The van der Waals surface area contributed by atoms with E-state index >= 15 is 0 Å². The summed E-state index contributed by atoms with van der Waals surface area (Å²) in [5.74, 6) is -0.384. The summed E-state index contributed by atoms with van der Waals surface area (Å²) in [4.78, 5) is 13.7. The summed E-state index contributed by atoms with van der Waals surface area (Å²) >= 11 is 0. The third-order valence-electron chi connectivity index (χ3n) is 1.02. The normalized spacial score (nSPS) is 9.09. The Morgan fingerprint density at radius 2 is 1.73 bits per heavy atom. The van der Waals surface area contributed by atoms with Crippen LogP contribution in [-0.2, 0) is 0 Å². The molecule has 0 aliphatic carbocycles.